The fourth-order valence-corrected chi connectivity index (χ4v) is 5.77. The zero-order chi connectivity index (χ0) is 9.52. The zero-order valence-corrected chi connectivity index (χ0v) is 10.4. The first-order valence-electron chi connectivity index (χ1n) is 3.94. The third kappa shape index (κ3) is 4.58. The molecule has 74 valence electrons. The van der Waals surface area contributed by atoms with Gasteiger partial charge in [-0.05, 0) is 0 Å². The van der Waals surface area contributed by atoms with Crippen molar-refractivity contribution in [3.8, 4) is 0 Å². The molecule has 0 saturated carbocycles. The third-order valence-corrected chi connectivity index (χ3v) is 6.61. The van der Waals surface area contributed by atoms with Crippen molar-refractivity contribution in [2.75, 3.05) is 24.7 Å². The van der Waals surface area contributed by atoms with Gasteiger partial charge in [-0.1, -0.05) is 0 Å². The molecule has 13 heavy (non-hydrogen) atoms. The van der Waals surface area contributed by atoms with Crippen LogP contribution in [0.4, 0.5) is 0 Å². The summed E-state index contributed by atoms with van der Waals surface area (Å²) >= 11 is 3.89. The number of hydrogen-bond donors (Lipinski definition) is 2. The molecule has 0 aliphatic heterocycles. The third-order valence-electron chi connectivity index (χ3n) is 1.23. The molecule has 0 unspecified atom stereocenters. The topological polar surface area (TPSA) is 40.5 Å². The Kier molecular flexibility index (Phi) is 6.28. The first-order chi connectivity index (χ1) is 6.36. The van der Waals surface area contributed by atoms with Crippen LogP contribution in [0.2, 0.25) is 0 Å². The maximum absolute atomic E-state index is 8.64. The van der Waals surface area contributed by atoms with E-state index in [0.29, 0.717) is 14.5 Å². The molecular weight excluding hydrogens is 271 g/mol. The number of aliphatic hydroxyl groups excluding tert-OH is 2. The Morgan fingerprint density at radius 1 is 1.00 bits per heavy atom. The van der Waals surface area contributed by atoms with Gasteiger partial charge in [-0.2, -0.15) is 0 Å². The summed E-state index contributed by atoms with van der Waals surface area (Å²) in [6, 6.07) is 4.25. The van der Waals surface area contributed by atoms with Crippen LogP contribution in [-0.2, 0) is 0 Å². The fourth-order valence-electron chi connectivity index (χ4n) is 0.751. The quantitative estimate of drug-likeness (QED) is 0.601. The van der Waals surface area contributed by atoms with E-state index in [2.05, 4.69) is 12.1 Å². The first-order valence-corrected chi connectivity index (χ1v) is 7.62. The summed E-state index contributed by atoms with van der Waals surface area (Å²) in [6.07, 6.45) is 0. The van der Waals surface area contributed by atoms with Gasteiger partial charge in [-0.15, -0.1) is 0 Å². The number of thioether (sulfide) groups is 2. The van der Waals surface area contributed by atoms with Crippen molar-refractivity contribution in [2.24, 2.45) is 0 Å². The standard InChI is InChI=1S/C8H12O2S2Se/c9-3-5-11-7-1-2-8(13-7)12-6-4-10/h1-2,9-10H,3-6H2. The van der Waals surface area contributed by atoms with Crippen LogP contribution in [0.5, 0.6) is 0 Å². The molecule has 1 heterocycles. The molecule has 2 nitrogen and oxygen atoms in total. The molecule has 0 fully saturated rings. The maximum atomic E-state index is 8.64. The van der Waals surface area contributed by atoms with E-state index in [1.165, 1.54) is 7.54 Å². The molecule has 0 saturated heterocycles. The van der Waals surface area contributed by atoms with E-state index in [1.54, 1.807) is 23.5 Å². The predicted octanol–water partition coefficient (Wildman–Crippen LogP) is 0.912. The van der Waals surface area contributed by atoms with Crippen molar-refractivity contribution in [1.82, 2.24) is 0 Å². The monoisotopic (exact) mass is 284 g/mol. The normalized spacial score (nSPS) is 10.6. The van der Waals surface area contributed by atoms with Gasteiger partial charge in [0, 0.05) is 0 Å². The molecule has 1 aromatic heterocycles. The number of hydrogen-bond acceptors (Lipinski definition) is 4. The number of aliphatic hydroxyl groups is 2. The van der Waals surface area contributed by atoms with Crippen LogP contribution in [0.1, 0.15) is 0 Å². The Morgan fingerprint density at radius 2 is 1.46 bits per heavy atom. The van der Waals surface area contributed by atoms with Crippen LogP contribution >= 0.6 is 23.5 Å². The summed E-state index contributed by atoms with van der Waals surface area (Å²) < 4.78 is 2.75. The van der Waals surface area contributed by atoms with Gasteiger partial charge in [0.2, 0.25) is 0 Å². The molecule has 5 heteroatoms. The summed E-state index contributed by atoms with van der Waals surface area (Å²) in [5, 5.41) is 17.3. The minimum absolute atomic E-state index is 0.247. The molecule has 0 aliphatic rings. The SMILES string of the molecule is OCCSc1ccc(SCCO)[se]1. The average Bonchev–Trinajstić information content (AvgIpc) is 2.59. The molecule has 0 aromatic carbocycles. The summed E-state index contributed by atoms with van der Waals surface area (Å²) in [5.41, 5.74) is 0. The van der Waals surface area contributed by atoms with Crippen molar-refractivity contribution < 1.29 is 10.2 Å². The Hall–Kier alpha value is 0.619. The fraction of sp³-hybridized carbons (Fsp3) is 0.500. The summed E-state index contributed by atoms with van der Waals surface area (Å²) in [6.45, 7) is 0.494. The molecule has 1 aromatic rings. The Morgan fingerprint density at radius 3 is 1.85 bits per heavy atom. The van der Waals surface area contributed by atoms with Crippen molar-refractivity contribution in [3.63, 3.8) is 0 Å². The average molecular weight is 283 g/mol. The number of rotatable bonds is 6. The minimum atomic E-state index is 0.247. The van der Waals surface area contributed by atoms with Crippen LogP contribution in [0.3, 0.4) is 0 Å². The van der Waals surface area contributed by atoms with E-state index in [1.807, 2.05) is 0 Å². The van der Waals surface area contributed by atoms with Crippen LogP contribution in [0.25, 0.3) is 0 Å². The molecule has 2 N–H and O–H groups in total. The second kappa shape index (κ2) is 6.98. The van der Waals surface area contributed by atoms with Gasteiger partial charge in [0.05, 0.1) is 0 Å². The van der Waals surface area contributed by atoms with E-state index in [-0.39, 0.29) is 13.2 Å². The molecule has 0 amide bonds. The van der Waals surface area contributed by atoms with Gasteiger partial charge in [-0.25, -0.2) is 0 Å². The van der Waals surface area contributed by atoms with Gasteiger partial charge < -0.3 is 0 Å². The molecule has 1 rings (SSSR count). The van der Waals surface area contributed by atoms with E-state index in [4.69, 9.17) is 10.2 Å². The van der Waals surface area contributed by atoms with E-state index >= 15 is 0 Å². The molecule has 0 atom stereocenters. The van der Waals surface area contributed by atoms with Gasteiger partial charge in [0.1, 0.15) is 0 Å². The summed E-state index contributed by atoms with van der Waals surface area (Å²) in [4.78, 5) is 0. The molecule has 0 spiro atoms. The van der Waals surface area contributed by atoms with Crippen LogP contribution in [-0.4, -0.2) is 49.4 Å². The molecule has 0 aliphatic carbocycles. The van der Waals surface area contributed by atoms with E-state index in [9.17, 15) is 0 Å². The van der Waals surface area contributed by atoms with Gasteiger partial charge in [0.25, 0.3) is 0 Å². The summed E-state index contributed by atoms with van der Waals surface area (Å²) in [7, 11) is 0. The first kappa shape index (κ1) is 11.7. The molecule has 0 bridgehead atoms. The van der Waals surface area contributed by atoms with Crippen molar-refractivity contribution >= 4 is 38.0 Å². The summed E-state index contributed by atoms with van der Waals surface area (Å²) in [5.74, 6) is 1.58. The van der Waals surface area contributed by atoms with Crippen molar-refractivity contribution in [1.29, 1.82) is 0 Å². The van der Waals surface area contributed by atoms with Crippen LogP contribution < -0.4 is 0 Å². The Balaban J connectivity index is 2.34. The molecule has 0 radical (unpaired) electrons. The zero-order valence-electron chi connectivity index (χ0n) is 7.10. The van der Waals surface area contributed by atoms with E-state index < -0.39 is 0 Å². The second-order valence-electron chi connectivity index (χ2n) is 2.22. The van der Waals surface area contributed by atoms with Crippen molar-refractivity contribution in [2.45, 2.75) is 7.54 Å². The van der Waals surface area contributed by atoms with Gasteiger partial charge in [-0.3, -0.25) is 0 Å². The van der Waals surface area contributed by atoms with Gasteiger partial charge in [0.15, 0.2) is 0 Å². The predicted molar refractivity (Wildman–Crippen MR) is 59.0 cm³/mol. The van der Waals surface area contributed by atoms with E-state index in [0.717, 1.165) is 11.5 Å². The Bertz CT molecular complexity index is 217. The molecular formula is C8H12O2S2Se. The van der Waals surface area contributed by atoms with Crippen LogP contribution in [0.15, 0.2) is 19.7 Å². The van der Waals surface area contributed by atoms with Crippen molar-refractivity contribution in [3.05, 3.63) is 12.1 Å². The van der Waals surface area contributed by atoms with Crippen LogP contribution in [0, 0.1) is 0 Å². The second-order valence-corrected chi connectivity index (χ2v) is 7.93. The Labute approximate surface area is 92.5 Å². The van der Waals surface area contributed by atoms with Gasteiger partial charge >= 0.3 is 92.6 Å².